The average molecular weight is 172 g/mol. The van der Waals surface area contributed by atoms with Gasteiger partial charge < -0.3 is 4.74 Å². The second-order valence-corrected chi connectivity index (χ2v) is 2.65. The van der Waals surface area contributed by atoms with Crippen LogP contribution in [0.2, 0.25) is 0 Å². The minimum atomic E-state index is -0.422. The molecule has 0 aliphatic rings. The van der Waals surface area contributed by atoms with Gasteiger partial charge in [-0.1, -0.05) is 26.2 Å². The lowest BCUT2D eigenvalue weighted by atomic mass is 10.2. The van der Waals surface area contributed by atoms with Crippen molar-refractivity contribution in [2.45, 2.75) is 39.5 Å². The summed E-state index contributed by atoms with van der Waals surface area (Å²) < 4.78 is 4.82. The lowest BCUT2D eigenvalue weighted by Crippen LogP contribution is -2.16. The molecule has 0 saturated heterocycles. The molecule has 0 bridgehead atoms. The first kappa shape index (κ1) is 11.3. The molecule has 0 heterocycles. The number of ether oxygens (including phenoxy) is 1. The number of rotatable bonds is 6. The summed E-state index contributed by atoms with van der Waals surface area (Å²) in [6.45, 7) is 4.99. The van der Waals surface area contributed by atoms with Gasteiger partial charge in [0.25, 0.3) is 0 Å². The van der Waals surface area contributed by atoms with E-state index in [-0.39, 0.29) is 0 Å². The van der Waals surface area contributed by atoms with Gasteiger partial charge in [0.15, 0.2) is 0 Å². The van der Waals surface area contributed by atoms with Crippen molar-refractivity contribution >= 4 is 6.09 Å². The van der Waals surface area contributed by atoms with Gasteiger partial charge in [0.2, 0.25) is 0 Å². The number of carbonyl (C=O) groups excluding carboxylic acids is 1. The van der Waals surface area contributed by atoms with Crippen molar-refractivity contribution in [3.05, 3.63) is 0 Å². The van der Waals surface area contributed by atoms with Crippen molar-refractivity contribution in [2.75, 3.05) is 13.2 Å². The highest BCUT2D eigenvalue weighted by atomic mass is 16.5. The Labute approximate surface area is 74.5 Å². The first-order valence-electron chi connectivity index (χ1n) is 4.65. The van der Waals surface area contributed by atoms with Gasteiger partial charge in [-0.3, -0.25) is 0 Å². The van der Waals surface area contributed by atoms with Crippen molar-refractivity contribution in [3.8, 4) is 0 Å². The number of amides is 1. The van der Waals surface area contributed by atoms with Crippen LogP contribution in [0.25, 0.3) is 0 Å². The van der Waals surface area contributed by atoms with E-state index in [4.69, 9.17) is 4.74 Å². The summed E-state index contributed by atoms with van der Waals surface area (Å²) in [5, 5.41) is 3.58. The molecule has 0 fully saturated rings. The molecule has 0 aliphatic heterocycles. The van der Waals surface area contributed by atoms with E-state index in [1.54, 1.807) is 0 Å². The van der Waals surface area contributed by atoms with Crippen LogP contribution in [-0.4, -0.2) is 19.2 Å². The van der Waals surface area contributed by atoms with Crippen LogP contribution in [0, 0.1) is 0 Å². The van der Waals surface area contributed by atoms with Crippen LogP contribution in [0.1, 0.15) is 39.5 Å². The number of unbranched alkanes of at least 4 members (excludes halogenated alkanes) is 3. The number of nitrogens with zero attached hydrogens (tertiary/aromatic N) is 1. The Balaban J connectivity index is 3.03. The molecule has 0 aromatic carbocycles. The van der Waals surface area contributed by atoms with Crippen LogP contribution in [0.4, 0.5) is 4.79 Å². The summed E-state index contributed by atoms with van der Waals surface area (Å²) in [5.74, 6) is 0. The molecular weight excluding hydrogens is 154 g/mol. The van der Waals surface area contributed by atoms with Crippen molar-refractivity contribution < 1.29 is 9.53 Å². The van der Waals surface area contributed by atoms with Crippen LogP contribution < -0.4 is 5.32 Å². The van der Waals surface area contributed by atoms with Gasteiger partial charge in [-0.25, -0.2) is 10.1 Å². The topological polar surface area (TPSA) is 40.4 Å². The minimum absolute atomic E-state index is 0.422. The lowest BCUT2D eigenvalue weighted by molar-refractivity contribution is 0.143. The Hall–Kier alpha value is -0.730. The van der Waals surface area contributed by atoms with E-state index in [2.05, 4.69) is 12.2 Å². The number of hydrogen-bond acceptors (Lipinski definition) is 2. The van der Waals surface area contributed by atoms with E-state index in [1.165, 1.54) is 12.8 Å². The molecule has 0 unspecified atom stereocenters. The van der Waals surface area contributed by atoms with Gasteiger partial charge in [-0.05, 0) is 13.3 Å². The van der Waals surface area contributed by atoms with E-state index in [0.717, 1.165) is 12.8 Å². The Kier molecular flexibility index (Phi) is 7.86. The van der Waals surface area contributed by atoms with Gasteiger partial charge in [-0.15, -0.1) is 0 Å². The molecule has 0 rings (SSSR count). The standard InChI is InChI=1S/C9H18NO2/c1-3-5-6-7-8-12-9(11)10-4-2/h3-8H2,1-2H3. The highest BCUT2D eigenvalue weighted by Crippen LogP contribution is 1.98. The first-order chi connectivity index (χ1) is 5.81. The fourth-order valence-corrected chi connectivity index (χ4v) is 0.863. The van der Waals surface area contributed by atoms with E-state index in [9.17, 15) is 4.79 Å². The first-order valence-corrected chi connectivity index (χ1v) is 4.65. The van der Waals surface area contributed by atoms with E-state index < -0.39 is 6.09 Å². The van der Waals surface area contributed by atoms with Crippen molar-refractivity contribution in [1.29, 1.82) is 0 Å². The Bertz CT molecular complexity index is 115. The predicted octanol–water partition coefficient (Wildman–Crippen LogP) is 2.33. The van der Waals surface area contributed by atoms with E-state index >= 15 is 0 Å². The maximum absolute atomic E-state index is 10.7. The summed E-state index contributed by atoms with van der Waals surface area (Å²) in [5.41, 5.74) is 0. The molecule has 0 atom stereocenters. The zero-order valence-corrected chi connectivity index (χ0v) is 8.01. The van der Waals surface area contributed by atoms with E-state index in [1.807, 2.05) is 6.92 Å². The van der Waals surface area contributed by atoms with Crippen molar-refractivity contribution in [2.24, 2.45) is 0 Å². The second kappa shape index (κ2) is 8.37. The highest BCUT2D eigenvalue weighted by Gasteiger charge is 1.99. The van der Waals surface area contributed by atoms with Crippen LogP contribution in [0.15, 0.2) is 0 Å². The molecule has 1 radical (unpaired) electrons. The largest absolute Gasteiger partial charge is 0.448 e. The zero-order valence-electron chi connectivity index (χ0n) is 8.01. The highest BCUT2D eigenvalue weighted by molar-refractivity contribution is 5.66. The molecule has 0 aromatic rings. The summed E-state index contributed by atoms with van der Waals surface area (Å²) >= 11 is 0. The summed E-state index contributed by atoms with van der Waals surface area (Å²) in [6.07, 6.45) is 4.08. The van der Waals surface area contributed by atoms with Crippen molar-refractivity contribution in [1.82, 2.24) is 5.32 Å². The third-order valence-electron chi connectivity index (χ3n) is 1.51. The molecule has 1 amide bonds. The third kappa shape index (κ3) is 7.38. The third-order valence-corrected chi connectivity index (χ3v) is 1.51. The van der Waals surface area contributed by atoms with Crippen LogP contribution in [0.5, 0.6) is 0 Å². The van der Waals surface area contributed by atoms with Gasteiger partial charge in [0, 0.05) is 6.54 Å². The predicted molar refractivity (Wildman–Crippen MR) is 48.2 cm³/mol. The quantitative estimate of drug-likeness (QED) is 0.577. The van der Waals surface area contributed by atoms with Gasteiger partial charge >= 0.3 is 6.09 Å². The summed E-state index contributed by atoms with van der Waals surface area (Å²) in [7, 11) is 0. The molecule has 0 spiro atoms. The zero-order chi connectivity index (χ0) is 9.23. The molecule has 0 aromatic heterocycles. The lowest BCUT2D eigenvalue weighted by Gasteiger charge is -2.02. The summed E-state index contributed by atoms with van der Waals surface area (Å²) in [6, 6.07) is 0. The molecule has 71 valence electrons. The van der Waals surface area contributed by atoms with Gasteiger partial charge in [-0.2, -0.15) is 0 Å². The number of hydrogen-bond donors (Lipinski definition) is 0. The number of carbonyl (C=O) groups is 1. The van der Waals surface area contributed by atoms with Crippen LogP contribution in [-0.2, 0) is 4.74 Å². The molecule has 0 aliphatic carbocycles. The molecule has 3 heteroatoms. The van der Waals surface area contributed by atoms with Gasteiger partial charge in [0.1, 0.15) is 0 Å². The summed E-state index contributed by atoms with van der Waals surface area (Å²) in [4.78, 5) is 10.7. The Morgan fingerprint density at radius 3 is 2.58 bits per heavy atom. The Morgan fingerprint density at radius 2 is 2.00 bits per heavy atom. The average Bonchev–Trinajstić information content (AvgIpc) is 2.05. The van der Waals surface area contributed by atoms with Gasteiger partial charge in [0.05, 0.1) is 6.61 Å². The van der Waals surface area contributed by atoms with Crippen molar-refractivity contribution in [3.63, 3.8) is 0 Å². The monoisotopic (exact) mass is 172 g/mol. The minimum Gasteiger partial charge on any atom is -0.448 e. The molecule has 0 N–H and O–H groups in total. The SMILES string of the molecule is CCCCCCOC(=O)[N]CC. The fourth-order valence-electron chi connectivity index (χ4n) is 0.863. The molecular formula is C9H18NO2. The van der Waals surface area contributed by atoms with E-state index in [0.29, 0.717) is 13.2 Å². The Morgan fingerprint density at radius 1 is 1.25 bits per heavy atom. The normalized spacial score (nSPS) is 9.50. The molecule has 3 nitrogen and oxygen atoms in total. The smallest absolute Gasteiger partial charge is 0.428 e. The fraction of sp³-hybridized carbons (Fsp3) is 0.889. The maximum Gasteiger partial charge on any atom is 0.428 e. The molecule has 12 heavy (non-hydrogen) atoms. The van der Waals surface area contributed by atoms with Crippen LogP contribution >= 0.6 is 0 Å². The second-order valence-electron chi connectivity index (χ2n) is 2.65. The molecule has 0 saturated carbocycles. The maximum atomic E-state index is 10.7. The van der Waals surface area contributed by atoms with Crippen LogP contribution in [0.3, 0.4) is 0 Å².